The van der Waals surface area contributed by atoms with E-state index in [4.69, 9.17) is 9.47 Å². The lowest BCUT2D eigenvalue weighted by molar-refractivity contribution is -0.157. The molecule has 164 valence electrons. The fourth-order valence-corrected chi connectivity index (χ4v) is 3.60. The topological polar surface area (TPSA) is 84.9 Å². The van der Waals surface area contributed by atoms with Crippen LogP contribution in [0, 0.1) is 26.7 Å². The maximum absolute atomic E-state index is 12.7. The molecule has 1 heterocycles. The second kappa shape index (κ2) is 9.20. The van der Waals surface area contributed by atoms with Crippen molar-refractivity contribution >= 4 is 29.2 Å². The number of hydrogen-bond acceptors (Lipinski definition) is 5. The summed E-state index contributed by atoms with van der Waals surface area (Å²) >= 11 is 0. The molecule has 3 rings (SSSR count). The molecule has 7 heteroatoms. The van der Waals surface area contributed by atoms with Crippen LogP contribution in [0.25, 0.3) is 0 Å². The Hall–Kier alpha value is -3.35. The van der Waals surface area contributed by atoms with E-state index in [1.54, 1.807) is 17.0 Å². The van der Waals surface area contributed by atoms with Gasteiger partial charge >= 0.3 is 5.97 Å². The summed E-state index contributed by atoms with van der Waals surface area (Å²) in [6, 6.07) is 11.2. The van der Waals surface area contributed by atoms with Gasteiger partial charge in [-0.1, -0.05) is 18.2 Å². The van der Waals surface area contributed by atoms with E-state index >= 15 is 0 Å². The van der Waals surface area contributed by atoms with Gasteiger partial charge in [-0.3, -0.25) is 14.4 Å². The average molecular weight is 424 g/mol. The first-order valence-corrected chi connectivity index (χ1v) is 10.2. The van der Waals surface area contributed by atoms with Gasteiger partial charge in [-0.05, 0) is 62.6 Å². The highest BCUT2D eigenvalue weighted by molar-refractivity contribution is 6.01. The highest BCUT2D eigenvalue weighted by Gasteiger charge is 2.38. The van der Waals surface area contributed by atoms with Gasteiger partial charge in [0.1, 0.15) is 5.75 Å². The summed E-state index contributed by atoms with van der Waals surface area (Å²) in [6.45, 7) is 7.58. The lowest BCUT2D eigenvalue weighted by atomic mass is 10.1. The van der Waals surface area contributed by atoms with Gasteiger partial charge in [0.2, 0.25) is 5.91 Å². The molecule has 31 heavy (non-hydrogen) atoms. The Labute approximate surface area is 182 Å². The predicted octanol–water partition coefficient (Wildman–Crippen LogP) is 3.54. The Morgan fingerprint density at radius 3 is 2.61 bits per heavy atom. The van der Waals surface area contributed by atoms with E-state index in [1.165, 1.54) is 14.0 Å². The van der Waals surface area contributed by atoms with Crippen LogP contribution in [0.1, 0.15) is 30.0 Å². The molecule has 1 aliphatic rings. The fourth-order valence-electron chi connectivity index (χ4n) is 3.60. The first-order valence-electron chi connectivity index (χ1n) is 10.2. The summed E-state index contributed by atoms with van der Waals surface area (Å²) in [7, 11) is 1.52. The number of ether oxygens (including phenoxy) is 2. The molecule has 0 unspecified atom stereocenters. The van der Waals surface area contributed by atoms with E-state index in [0.29, 0.717) is 11.4 Å². The van der Waals surface area contributed by atoms with Crippen LogP contribution in [0.2, 0.25) is 0 Å². The molecular weight excluding hydrogens is 396 g/mol. The van der Waals surface area contributed by atoms with E-state index in [9.17, 15) is 14.4 Å². The second-order valence-electron chi connectivity index (χ2n) is 7.90. The molecule has 0 saturated carbocycles. The summed E-state index contributed by atoms with van der Waals surface area (Å²) < 4.78 is 10.6. The molecule has 0 spiro atoms. The molecule has 2 atom stereocenters. The van der Waals surface area contributed by atoms with E-state index in [2.05, 4.69) is 5.32 Å². The maximum atomic E-state index is 12.7. The van der Waals surface area contributed by atoms with Crippen LogP contribution >= 0.6 is 0 Å². The van der Waals surface area contributed by atoms with E-state index in [-0.39, 0.29) is 18.9 Å². The molecule has 0 aliphatic carbocycles. The quantitative estimate of drug-likeness (QED) is 0.717. The number of carbonyl (C=O) groups excluding carboxylic acids is 3. The zero-order valence-electron chi connectivity index (χ0n) is 18.5. The largest absolute Gasteiger partial charge is 0.495 e. The van der Waals surface area contributed by atoms with Crippen molar-refractivity contribution in [2.45, 2.75) is 40.2 Å². The summed E-state index contributed by atoms with van der Waals surface area (Å²) in [5, 5.41) is 2.74. The number of nitrogens with one attached hydrogen (secondary N) is 1. The summed E-state index contributed by atoms with van der Waals surface area (Å²) in [5.74, 6) is -1.25. The van der Waals surface area contributed by atoms with Crippen LogP contribution in [-0.2, 0) is 19.1 Å². The number of benzene rings is 2. The summed E-state index contributed by atoms with van der Waals surface area (Å²) in [6.07, 6.45) is -0.950. The van der Waals surface area contributed by atoms with Gasteiger partial charge in [-0.2, -0.15) is 0 Å². The average Bonchev–Trinajstić information content (AvgIpc) is 3.11. The Kier molecular flexibility index (Phi) is 6.63. The minimum absolute atomic E-state index is 0.0618. The maximum Gasteiger partial charge on any atom is 0.312 e. The standard InChI is InChI=1S/C24H28N2O5/c1-14-9-10-21(30-5)19(11-14)25-23(28)17(4)31-24(29)18-12-22(27)26(13-18)20-8-6-7-15(2)16(20)3/h6-11,17-18H,12-13H2,1-5H3,(H,25,28)/t17-,18-/m0/s1. The van der Waals surface area contributed by atoms with Crippen LogP contribution in [0.3, 0.4) is 0 Å². The Balaban J connectivity index is 1.63. The second-order valence-corrected chi connectivity index (χ2v) is 7.90. The monoisotopic (exact) mass is 424 g/mol. The molecule has 2 amide bonds. The first-order chi connectivity index (χ1) is 14.7. The van der Waals surface area contributed by atoms with Crippen LogP contribution in [-0.4, -0.2) is 37.5 Å². The number of nitrogens with zero attached hydrogens (tertiary/aromatic N) is 1. The van der Waals surface area contributed by atoms with Gasteiger partial charge in [0.05, 0.1) is 18.7 Å². The van der Waals surface area contributed by atoms with Crippen molar-refractivity contribution < 1.29 is 23.9 Å². The highest BCUT2D eigenvalue weighted by atomic mass is 16.5. The Morgan fingerprint density at radius 1 is 1.16 bits per heavy atom. The van der Waals surface area contributed by atoms with Gasteiger partial charge < -0.3 is 19.7 Å². The smallest absolute Gasteiger partial charge is 0.312 e. The molecule has 1 aliphatic heterocycles. The number of anilines is 2. The van der Waals surface area contributed by atoms with Crippen molar-refractivity contribution in [3.8, 4) is 5.75 Å². The molecular formula is C24H28N2O5. The molecule has 0 radical (unpaired) electrons. The van der Waals surface area contributed by atoms with Gasteiger partial charge in [0.15, 0.2) is 6.10 Å². The zero-order valence-corrected chi connectivity index (χ0v) is 18.5. The van der Waals surface area contributed by atoms with Gasteiger partial charge in [-0.25, -0.2) is 0 Å². The van der Waals surface area contributed by atoms with Crippen LogP contribution in [0.15, 0.2) is 36.4 Å². The lowest BCUT2D eigenvalue weighted by Gasteiger charge is -2.20. The third kappa shape index (κ3) is 4.87. The SMILES string of the molecule is COc1ccc(C)cc1NC(=O)[C@H](C)OC(=O)[C@H]1CC(=O)N(c2cccc(C)c2C)C1. The normalized spacial score (nSPS) is 16.7. The van der Waals surface area contributed by atoms with Crippen molar-refractivity contribution in [2.75, 3.05) is 23.9 Å². The van der Waals surface area contributed by atoms with Crippen molar-refractivity contribution in [1.82, 2.24) is 0 Å². The van der Waals surface area contributed by atoms with E-state index in [1.807, 2.05) is 45.0 Å². The van der Waals surface area contributed by atoms with Crippen molar-refractivity contribution in [3.05, 3.63) is 53.1 Å². The highest BCUT2D eigenvalue weighted by Crippen LogP contribution is 2.30. The Bertz CT molecular complexity index is 1020. The fraction of sp³-hybridized carbons (Fsp3) is 0.375. The van der Waals surface area contributed by atoms with Crippen LogP contribution in [0.5, 0.6) is 5.75 Å². The number of carbonyl (C=O) groups is 3. The number of amides is 2. The van der Waals surface area contributed by atoms with Crippen LogP contribution in [0.4, 0.5) is 11.4 Å². The third-order valence-electron chi connectivity index (χ3n) is 5.60. The van der Waals surface area contributed by atoms with Crippen LogP contribution < -0.4 is 15.0 Å². The molecule has 7 nitrogen and oxygen atoms in total. The molecule has 0 aromatic heterocycles. The number of methoxy groups -OCH3 is 1. The molecule has 2 aromatic rings. The minimum Gasteiger partial charge on any atom is -0.495 e. The number of aryl methyl sites for hydroxylation is 2. The summed E-state index contributed by atoms with van der Waals surface area (Å²) in [5.41, 5.74) is 4.35. The van der Waals surface area contributed by atoms with E-state index in [0.717, 1.165) is 22.4 Å². The van der Waals surface area contributed by atoms with Gasteiger partial charge in [0.25, 0.3) is 5.91 Å². The number of hydrogen-bond donors (Lipinski definition) is 1. The van der Waals surface area contributed by atoms with Crippen molar-refractivity contribution in [2.24, 2.45) is 5.92 Å². The molecule has 0 bridgehead atoms. The minimum atomic E-state index is -1.01. The van der Waals surface area contributed by atoms with Gasteiger partial charge in [0, 0.05) is 18.7 Å². The number of esters is 1. The summed E-state index contributed by atoms with van der Waals surface area (Å²) in [4.78, 5) is 39.4. The molecule has 1 fully saturated rings. The first kappa shape index (κ1) is 22.3. The Morgan fingerprint density at radius 2 is 1.90 bits per heavy atom. The lowest BCUT2D eigenvalue weighted by Crippen LogP contribution is -2.33. The van der Waals surface area contributed by atoms with Gasteiger partial charge in [-0.15, -0.1) is 0 Å². The molecule has 1 saturated heterocycles. The van der Waals surface area contributed by atoms with Crippen molar-refractivity contribution in [1.29, 1.82) is 0 Å². The third-order valence-corrected chi connectivity index (χ3v) is 5.60. The van der Waals surface area contributed by atoms with E-state index < -0.39 is 23.9 Å². The molecule has 2 aromatic carbocycles. The molecule has 1 N–H and O–H groups in total. The predicted molar refractivity (Wildman–Crippen MR) is 118 cm³/mol. The zero-order chi connectivity index (χ0) is 22.7. The van der Waals surface area contributed by atoms with Crippen molar-refractivity contribution in [3.63, 3.8) is 0 Å². The number of rotatable bonds is 6.